The maximum Gasteiger partial charge on any atom is 0.114 e. The number of para-hydroxylation sites is 2. The second-order valence-corrected chi connectivity index (χ2v) is 25.2. The zero-order chi connectivity index (χ0) is 45.3. The van der Waals surface area contributed by atoms with Crippen LogP contribution < -0.4 is 5.19 Å². The van der Waals surface area contributed by atoms with Gasteiger partial charge in [0.25, 0.3) is 0 Å². The Kier molecular flexibility index (Phi) is 14.7. The van der Waals surface area contributed by atoms with Crippen molar-refractivity contribution in [1.82, 2.24) is 19.5 Å². The monoisotopic (exact) mass is 1070 g/mol. The van der Waals surface area contributed by atoms with Crippen molar-refractivity contribution in [1.29, 1.82) is 0 Å². The quantitative estimate of drug-likeness (QED) is 0.101. The van der Waals surface area contributed by atoms with E-state index >= 15 is 0 Å². The van der Waals surface area contributed by atoms with Gasteiger partial charge in [-0.25, -0.2) is 0 Å². The number of fused-ring (bicyclic) bond motifs is 2. The van der Waals surface area contributed by atoms with Crippen molar-refractivity contribution in [3.8, 4) is 50.0 Å². The van der Waals surface area contributed by atoms with Gasteiger partial charge in [0, 0.05) is 43.1 Å². The van der Waals surface area contributed by atoms with Gasteiger partial charge in [0.15, 0.2) is 0 Å². The zero-order valence-electron chi connectivity index (χ0n) is 39.7. The minimum Gasteiger partial charge on any atom is -0.333 e. The third-order valence-corrected chi connectivity index (χ3v) is 15.2. The van der Waals surface area contributed by atoms with Crippen LogP contribution in [-0.2, 0) is 26.5 Å². The van der Waals surface area contributed by atoms with E-state index in [9.17, 15) is 0 Å². The van der Waals surface area contributed by atoms with Gasteiger partial charge in [0.2, 0.25) is 0 Å². The van der Waals surface area contributed by atoms with E-state index in [0.29, 0.717) is 17.8 Å². The predicted octanol–water partition coefficient (Wildman–Crippen LogP) is 15.6. The van der Waals surface area contributed by atoms with Gasteiger partial charge in [0.1, 0.15) is 5.01 Å². The summed E-state index contributed by atoms with van der Waals surface area (Å²) >= 11 is 1.74. The molecule has 0 fully saturated rings. The van der Waals surface area contributed by atoms with Crippen LogP contribution in [0.15, 0.2) is 134 Å². The molecule has 0 aliphatic carbocycles. The van der Waals surface area contributed by atoms with Gasteiger partial charge in [-0.05, 0) is 111 Å². The Bertz CT molecular complexity index is 3020. The number of hydrogen-bond acceptors (Lipinski definition) is 4. The maximum atomic E-state index is 5.32. The first-order valence-electron chi connectivity index (χ1n) is 22.7. The van der Waals surface area contributed by atoms with Gasteiger partial charge < -0.3 is 9.55 Å². The molecule has 7 heteroatoms. The summed E-state index contributed by atoms with van der Waals surface area (Å²) in [6, 6.07) is 51.8. The molecule has 0 saturated heterocycles. The summed E-state index contributed by atoms with van der Waals surface area (Å²) < 4.78 is 3.51. The number of rotatable bonds is 10. The summed E-state index contributed by atoms with van der Waals surface area (Å²) in [6.07, 6.45) is 3.24. The van der Waals surface area contributed by atoms with Crippen molar-refractivity contribution in [3.63, 3.8) is 0 Å². The Morgan fingerprint density at radius 1 is 0.662 bits per heavy atom. The normalized spacial score (nSPS) is 11.7. The fourth-order valence-electron chi connectivity index (χ4n) is 8.84. The number of thiazole rings is 1. The molecule has 0 aliphatic rings. The number of aromatic nitrogens is 4. The molecule has 0 amide bonds. The van der Waals surface area contributed by atoms with Crippen molar-refractivity contribution in [2.75, 3.05) is 0 Å². The molecule has 4 nitrogen and oxygen atoms in total. The van der Waals surface area contributed by atoms with Gasteiger partial charge in [0.05, 0.1) is 24.9 Å². The summed E-state index contributed by atoms with van der Waals surface area (Å²) in [6.45, 7) is 25.2. The van der Waals surface area contributed by atoms with Crippen LogP contribution in [0.5, 0.6) is 0 Å². The molecule has 3 aromatic heterocycles. The van der Waals surface area contributed by atoms with E-state index in [2.05, 4.69) is 206 Å². The van der Waals surface area contributed by atoms with Gasteiger partial charge in [-0.2, -0.15) is 11.3 Å². The standard InChI is InChI=1S/C40H36N3S.C18H24NSi.Ir/c1-24(2)31-22-29(28-16-8-7-9-17-28)23-32(25(3)4)37(31)43-35-21-11-10-19-33(35)41-39(43)30-18-13-20-34-38(30)44-40(42-34)36-26(5)14-12-15-27(36)6;1-14(2)11-16-12-17(15-9-7-6-8-10-15)19-13-18(16)20(3,4)5;/h7-17,19-25H,1-6H3;6-9,12-14H,11H2,1-5H3;/q2*-1;. The topological polar surface area (TPSA) is 43.6 Å². The first kappa shape index (κ1) is 47.7. The minimum atomic E-state index is -1.34. The number of imidazole rings is 1. The number of aryl methyl sites for hydroxylation is 2. The van der Waals surface area contributed by atoms with Crippen LogP contribution in [-0.4, -0.2) is 27.6 Å². The molecule has 333 valence electrons. The second kappa shape index (κ2) is 20.1. The Morgan fingerprint density at radius 3 is 1.95 bits per heavy atom. The largest absolute Gasteiger partial charge is 0.333 e. The van der Waals surface area contributed by atoms with Gasteiger partial charge in [-0.1, -0.05) is 139 Å². The number of nitrogens with zero attached hydrogens (tertiary/aromatic N) is 4. The molecule has 0 bridgehead atoms. The van der Waals surface area contributed by atoms with E-state index in [4.69, 9.17) is 9.97 Å². The summed E-state index contributed by atoms with van der Waals surface area (Å²) in [5, 5.41) is 2.53. The molecule has 0 spiro atoms. The molecular formula is C58H60IrN4SSi-2. The van der Waals surface area contributed by atoms with E-state index in [0.717, 1.165) is 55.3 Å². The maximum absolute atomic E-state index is 5.32. The molecule has 9 rings (SSSR count). The van der Waals surface area contributed by atoms with Crippen LogP contribution in [0.4, 0.5) is 0 Å². The average Bonchev–Trinajstić information content (AvgIpc) is 3.88. The smallest absolute Gasteiger partial charge is 0.114 e. The number of benzene rings is 6. The molecule has 1 radical (unpaired) electrons. The molecule has 0 aliphatic heterocycles. The van der Waals surface area contributed by atoms with Gasteiger partial charge in [-0.3, -0.25) is 9.97 Å². The Balaban J connectivity index is 0.000000253. The van der Waals surface area contributed by atoms with Crippen LogP contribution in [0.3, 0.4) is 0 Å². The average molecular weight is 1070 g/mol. The second-order valence-electron chi connectivity index (χ2n) is 19.1. The van der Waals surface area contributed by atoms with Gasteiger partial charge >= 0.3 is 0 Å². The van der Waals surface area contributed by atoms with E-state index in [1.807, 2.05) is 24.3 Å². The molecule has 0 unspecified atom stereocenters. The molecular weight excluding hydrogens is 1010 g/mol. The predicted molar refractivity (Wildman–Crippen MR) is 277 cm³/mol. The summed E-state index contributed by atoms with van der Waals surface area (Å²) in [5.41, 5.74) is 17.7. The fourth-order valence-corrected chi connectivity index (χ4v) is 11.7. The molecule has 0 atom stereocenters. The van der Waals surface area contributed by atoms with Crippen LogP contribution in [0.2, 0.25) is 19.6 Å². The van der Waals surface area contributed by atoms with Crippen molar-refractivity contribution in [3.05, 3.63) is 174 Å². The first-order chi connectivity index (χ1) is 30.7. The van der Waals surface area contributed by atoms with Crippen molar-refractivity contribution in [2.24, 2.45) is 5.92 Å². The molecule has 6 aromatic carbocycles. The van der Waals surface area contributed by atoms with Gasteiger partial charge in [-0.15, -0.1) is 54.1 Å². The molecule has 65 heavy (non-hydrogen) atoms. The van der Waals surface area contributed by atoms with E-state index < -0.39 is 8.07 Å². The third kappa shape index (κ3) is 10.1. The fraction of sp³-hybridized carbons (Fsp3) is 0.259. The van der Waals surface area contributed by atoms with E-state index in [-0.39, 0.29) is 20.1 Å². The molecule has 0 saturated carbocycles. The Labute approximate surface area is 405 Å². The van der Waals surface area contributed by atoms with Crippen molar-refractivity contribution >= 4 is 45.8 Å². The summed E-state index contributed by atoms with van der Waals surface area (Å²) in [4.78, 5) is 15.2. The first-order valence-corrected chi connectivity index (χ1v) is 27.1. The van der Waals surface area contributed by atoms with Crippen LogP contribution in [0.25, 0.3) is 71.3 Å². The summed E-state index contributed by atoms with van der Waals surface area (Å²) in [7, 11) is -1.34. The van der Waals surface area contributed by atoms with Crippen LogP contribution in [0, 0.1) is 31.9 Å². The summed E-state index contributed by atoms with van der Waals surface area (Å²) in [5.74, 6) is 2.18. The SMILES string of the molecule is CC(C)Cc1cc(-c2[c-]cccc2)ncc1[Si](C)(C)C.Cc1cccc(C)c1-c1nc2cc[c-]c(-c3nc4ccccc4n3-c3c(C(C)C)cc(-c4ccccc4)cc3C(C)C)c2s1.[Ir]. The van der Waals surface area contributed by atoms with Crippen molar-refractivity contribution in [2.45, 2.75) is 93.3 Å². The third-order valence-electron chi connectivity index (χ3n) is 12.0. The zero-order valence-corrected chi connectivity index (χ0v) is 43.9. The number of pyridine rings is 1. The molecule has 0 N–H and O–H groups in total. The Hall–Kier alpha value is -5.30. The Morgan fingerprint density at radius 2 is 1.32 bits per heavy atom. The van der Waals surface area contributed by atoms with Crippen LogP contribution >= 0.6 is 11.3 Å². The van der Waals surface area contributed by atoms with E-state index in [1.165, 1.54) is 55.4 Å². The van der Waals surface area contributed by atoms with Crippen molar-refractivity contribution < 1.29 is 20.1 Å². The minimum absolute atomic E-state index is 0. The molecule has 3 heterocycles. The molecule has 9 aromatic rings. The van der Waals surface area contributed by atoms with Crippen LogP contribution in [0.1, 0.15) is 81.2 Å². The van der Waals surface area contributed by atoms with E-state index in [1.54, 1.807) is 11.3 Å². The number of hydrogen-bond donors (Lipinski definition) is 0.